The van der Waals surface area contributed by atoms with Gasteiger partial charge in [0.1, 0.15) is 15.6 Å². The number of sulfone groups is 1. The average Bonchev–Trinajstić information content (AvgIpc) is 3.13. The van der Waals surface area contributed by atoms with Gasteiger partial charge in [-0.1, -0.05) is 30.0 Å². The van der Waals surface area contributed by atoms with Crippen LogP contribution in [0.25, 0.3) is 17.1 Å². The van der Waals surface area contributed by atoms with Gasteiger partial charge in [0.2, 0.25) is 0 Å². The summed E-state index contributed by atoms with van der Waals surface area (Å²) >= 11 is 1.37. The summed E-state index contributed by atoms with van der Waals surface area (Å²) in [5.74, 6) is 1.95. The molecule has 0 atom stereocenters. The highest BCUT2D eigenvalue weighted by molar-refractivity contribution is 8.00. The number of hydrogen-bond acceptors (Lipinski definition) is 6. The van der Waals surface area contributed by atoms with Gasteiger partial charge in [-0.25, -0.2) is 8.42 Å². The van der Waals surface area contributed by atoms with Crippen LogP contribution in [0.5, 0.6) is 0 Å². The summed E-state index contributed by atoms with van der Waals surface area (Å²) in [5.41, 5.74) is 1.78. The first-order valence-corrected chi connectivity index (χ1v) is 10.4. The first-order valence-electron chi connectivity index (χ1n) is 7.31. The van der Waals surface area contributed by atoms with Gasteiger partial charge in [0, 0.05) is 17.7 Å². The standard InChI is InChI=1S/C16H17N3O3S2/c1-12-14(8-9-22-12)15-17-18-16(23-10-11-24(2,20)21)19(15)13-6-4-3-5-7-13/h3-9H,10-11H2,1-2H3. The molecule has 1 aromatic carbocycles. The molecule has 0 fully saturated rings. The minimum Gasteiger partial charge on any atom is -0.469 e. The lowest BCUT2D eigenvalue weighted by atomic mass is 10.2. The van der Waals surface area contributed by atoms with E-state index in [9.17, 15) is 8.42 Å². The summed E-state index contributed by atoms with van der Waals surface area (Å²) in [6.45, 7) is 1.87. The summed E-state index contributed by atoms with van der Waals surface area (Å²) in [6, 6.07) is 11.6. The number of benzene rings is 1. The van der Waals surface area contributed by atoms with Crippen LogP contribution in [0, 0.1) is 6.92 Å². The zero-order valence-corrected chi connectivity index (χ0v) is 15.0. The van der Waals surface area contributed by atoms with Gasteiger partial charge in [-0.2, -0.15) is 0 Å². The van der Waals surface area contributed by atoms with Crippen LogP contribution in [-0.4, -0.2) is 40.9 Å². The molecule has 8 heteroatoms. The van der Waals surface area contributed by atoms with Gasteiger partial charge in [-0.05, 0) is 25.1 Å². The molecule has 0 unspecified atom stereocenters. The van der Waals surface area contributed by atoms with Crippen molar-refractivity contribution in [3.05, 3.63) is 48.4 Å². The Bertz CT molecular complexity index is 931. The SMILES string of the molecule is Cc1occc1-c1nnc(SCCS(C)(=O)=O)n1-c1ccccc1. The van der Waals surface area contributed by atoms with Gasteiger partial charge in [0.15, 0.2) is 11.0 Å². The van der Waals surface area contributed by atoms with Crippen LogP contribution in [0.1, 0.15) is 5.76 Å². The molecule has 0 spiro atoms. The Kier molecular flexibility index (Phi) is 4.77. The fourth-order valence-electron chi connectivity index (χ4n) is 2.25. The van der Waals surface area contributed by atoms with Crippen LogP contribution in [0.3, 0.4) is 0 Å². The monoisotopic (exact) mass is 363 g/mol. The minimum absolute atomic E-state index is 0.0966. The predicted molar refractivity (Wildman–Crippen MR) is 94.2 cm³/mol. The average molecular weight is 363 g/mol. The van der Waals surface area contributed by atoms with Crippen LogP contribution in [0.15, 0.2) is 52.2 Å². The van der Waals surface area contributed by atoms with E-state index in [1.165, 1.54) is 18.0 Å². The van der Waals surface area contributed by atoms with Crippen LogP contribution >= 0.6 is 11.8 Å². The number of furan rings is 1. The van der Waals surface area contributed by atoms with Crippen molar-refractivity contribution < 1.29 is 12.8 Å². The van der Waals surface area contributed by atoms with Gasteiger partial charge in [0.25, 0.3) is 0 Å². The summed E-state index contributed by atoms with van der Waals surface area (Å²) in [4.78, 5) is 0. The number of hydrogen-bond donors (Lipinski definition) is 0. The highest BCUT2D eigenvalue weighted by Crippen LogP contribution is 2.30. The topological polar surface area (TPSA) is 78.0 Å². The lowest BCUT2D eigenvalue weighted by Gasteiger charge is -2.09. The quantitative estimate of drug-likeness (QED) is 0.627. The van der Waals surface area contributed by atoms with Crippen LogP contribution < -0.4 is 0 Å². The molecule has 2 aromatic heterocycles. The van der Waals surface area contributed by atoms with Gasteiger partial charge in [0.05, 0.1) is 17.6 Å². The fraction of sp³-hybridized carbons (Fsp3) is 0.250. The maximum absolute atomic E-state index is 11.3. The minimum atomic E-state index is -3.01. The van der Waals surface area contributed by atoms with Crippen molar-refractivity contribution in [2.75, 3.05) is 17.8 Å². The second kappa shape index (κ2) is 6.82. The molecule has 0 saturated carbocycles. The van der Waals surface area contributed by atoms with Crippen LogP contribution in [-0.2, 0) is 9.84 Å². The Morgan fingerprint density at radius 3 is 2.54 bits per heavy atom. The predicted octanol–water partition coefficient (Wildman–Crippen LogP) is 2.97. The van der Waals surface area contributed by atoms with Crippen molar-refractivity contribution in [1.82, 2.24) is 14.8 Å². The third-order valence-electron chi connectivity index (χ3n) is 3.43. The van der Waals surface area contributed by atoms with Gasteiger partial charge in [-0.3, -0.25) is 4.57 Å². The van der Waals surface area contributed by atoms with Crippen molar-refractivity contribution in [3.8, 4) is 17.1 Å². The van der Waals surface area contributed by atoms with Crippen LogP contribution in [0.4, 0.5) is 0 Å². The van der Waals surface area contributed by atoms with E-state index < -0.39 is 9.84 Å². The maximum Gasteiger partial charge on any atom is 0.196 e. The number of nitrogens with zero attached hydrogens (tertiary/aromatic N) is 3. The number of thioether (sulfide) groups is 1. The molecule has 6 nitrogen and oxygen atoms in total. The molecule has 0 bridgehead atoms. The first kappa shape index (κ1) is 16.8. The Balaban J connectivity index is 2.01. The second-order valence-corrected chi connectivity index (χ2v) is 8.67. The lowest BCUT2D eigenvalue weighted by Crippen LogP contribution is -2.06. The zero-order chi connectivity index (χ0) is 17.2. The molecule has 3 rings (SSSR count). The van der Waals surface area contributed by atoms with E-state index in [1.54, 1.807) is 6.26 Å². The molecule has 0 saturated heterocycles. The summed E-state index contributed by atoms with van der Waals surface area (Å²) in [5, 5.41) is 9.20. The maximum atomic E-state index is 11.3. The number of rotatable bonds is 6. The molecule has 0 radical (unpaired) electrons. The molecule has 0 amide bonds. The van der Waals surface area contributed by atoms with E-state index in [-0.39, 0.29) is 5.75 Å². The largest absolute Gasteiger partial charge is 0.469 e. The Labute approximate surface area is 144 Å². The molecule has 0 aliphatic rings. The molecular formula is C16H17N3O3S2. The molecule has 2 heterocycles. The second-order valence-electron chi connectivity index (χ2n) is 5.35. The summed E-state index contributed by atoms with van der Waals surface area (Å²) in [7, 11) is -3.01. The fourth-order valence-corrected chi connectivity index (χ4v) is 4.40. The summed E-state index contributed by atoms with van der Waals surface area (Å²) in [6.07, 6.45) is 2.85. The molecule has 3 aromatic rings. The Morgan fingerprint density at radius 2 is 1.92 bits per heavy atom. The normalized spacial score (nSPS) is 11.8. The summed E-state index contributed by atoms with van der Waals surface area (Å²) < 4.78 is 30.0. The van der Waals surface area contributed by atoms with Crippen LogP contribution in [0.2, 0.25) is 0 Å². The Hall–Kier alpha value is -2.06. The van der Waals surface area contributed by atoms with Crippen molar-refractivity contribution >= 4 is 21.6 Å². The van der Waals surface area contributed by atoms with Crippen molar-refractivity contribution in [2.24, 2.45) is 0 Å². The number of para-hydroxylation sites is 1. The van der Waals surface area contributed by atoms with Gasteiger partial charge < -0.3 is 4.42 Å². The van der Waals surface area contributed by atoms with E-state index in [4.69, 9.17) is 4.42 Å². The third-order valence-corrected chi connectivity index (χ3v) is 5.57. The molecule has 0 aliphatic heterocycles. The van der Waals surface area contributed by atoms with E-state index >= 15 is 0 Å². The third kappa shape index (κ3) is 3.70. The van der Waals surface area contributed by atoms with E-state index in [0.29, 0.717) is 16.7 Å². The van der Waals surface area contributed by atoms with E-state index in [2.05, 4.69) is 10.2 Å². The highest BCUT2D eigenvalue weighted by Gasteiger charge is 2.19. The van der Waals surface area contributed by atoms with Gasteiger partial charge >= 0.3 is 0 Å². The number of aromatic nitrogens is 3. The zero-order valence-electron chi connectivity index (χ0n) is 13.3. The lowest BCUT2D eigenvalue weighted by molar-refractivity contribution is 0.535. The van der Waals surface area contributed by atoms with Crippen molar-refractivity contribution in [3.63, 3.8) is 0 Å². The first-order chi connectivity index (χ1) is 11.5. The molecule has 24 heavy (non-hydrogen) atoms. The van der Waals surface area contributed by atoms with Crippen molar-refractivity contribution in [2.45, 2.75) is 12.1 Å². The smallest absolute Gasteiger partial charge is 0.196 e. The van der Waals surface area contributed by atoms with E-state index in [1.807, 2.05) is 47.9 Å². The molecule has 0 aliphatic carbocycles. The molecule has 126 valence electrons. The van der Waals surface area contributed by atoms with E-state index in [0.717, 1.165) is 17.0 Å². The molecule has 0 N–H and O–H groups in total. The highest BCUT2D eigenvalue weighted by atomic mass is 32.2. The van der Waals surface area contributed by atoms with Gasteiger partial charge in [-0.15, -0.1) is 10.2 Å². The van der Waals surface area contributed by atoms with Crippen molar-refractivity contribution in [1.29, 1.82) is 0 Å². The number of aryl methyl sites for hydroxylation is 1. The Morgan fingerprint density at radius 1 is 1.17 bits per heavy atom. The molecular weight excluding hydrogens is 346 g/mol.